The molecule has 0 saturated carbocycles. The molecule has 1 aliphatic rings. The van der Waals surface area contributed by atoms with Gasteiger partial charge in [0.05, 0.1) is 6.61 Å². The van der Waals surface area contributed by atoms with E-state index in [1.165, 1.54) is 0 Å². The molecule has 0 unspecified atom stereocenters. The van der Waals surface area contributed by atoms with Crippen LogP contribution in [0.1, 0.15) is 64.9 Å². The summed E-state index contributed by atoms with van der Waals surface area (Å²) in [6.07, 6.45) is 4.49. The standard InChI is InChI=1S/C24H40O6/c1-5-8-13-26-21-17-29-24(30-20-16-18(4)11-12-19(20)25)23(28-15-10-7-3)22(21)27-14-9-6-2/h11-12,16,21-25H,5-10,13-15,17H2,1-4H3/t21-,22+,23-,24+/m1/s1. The van der Waals surface area contributed by atoms with Gasteiger partial charge in [0.25, 0.3) is 0 Å². The fourth-order valence-corrected chi connectivity index (χ4v) is 3.31. The second-order valence-electron chi connectivity index (χ2n) is 7.93. The number of hydrogen-bond acceptors (Lipinski definition) is 6. The lowest BCUT2D eigenvalue weighted by Gasteiger charge is -2.41. The predicted molar refractivity (Wildman–Crippen MR) is 117 cm³/mol. The van der Waals surface area contributed by atoms with Crippen LogP contribution in [0.5, 0.6) is 11.5 Å². The monoisotopic (exact) mass is 424 g/mol. The third kappa shape index (κ3) is 7.73. The second-order valence-corrected chi connectivity index (χ2v) is 7.93. The van der Waals surface area contributed by atoms with Crippen LogP contribution in [0.2, 0.25) is 0 Å². The van der Waals surface area contributed by atoms with Gasteiger partial charge >= 0.3 is 0 Å². The summed E-state index contributed by atoms with van der Waals surface area (Å²) < 4.78 is 30.7. The minimum Gasteiger partial charge on any atom is -0.504 e. The fourth-order valence-electron chi connectivity index (χ4n) is 3.31. The fraction of sp³-hybridized carbons (Fsp3) is 0.750. The summed E-state index contributed by atoms with van der Waals surface area (Å²) in [6, 6.07) is 5.28. The van der Waals surface area contributed by atoms with Gasteiger partial charge in [-0.3, -0.25) is 0 Å². The van der Waals surface area contributed by atoms with Gasteiger partial charge in [0, 0.05) is 19.8 Å². The molecule has 1 N–H and O–H groups in total. The smallest absolute Gasteiger partial charge is 0.229 e. The van der Waals surface area contributed by atoms with E-state index in [0.717, 1.165) is 44.1 Å². The Bertz CT molecular complexity index is 593. The molecule has 1 aromatic carbocycles. The highest BCUT2D eigenvalue weighted by Crippen LogP contribution is 2.32. The molecule has 0 aromatic heterocycles. The Morgan fingerprint density at radius 2 is 1.50 bits per heavy atom. The highest BCUT2D eigenvalue weighted by Gasteiger charge is 2.44. The Morgan fingerprint density at radius 1 is 0.900 bits per heavy atom. The lowest BCUT2D eigenvalue weighted by atomic mass is 10.0. The topological polar surface area (TPSA) is 66.4 Å². The van der Waals surface area contributed by atoms with E-state index >= 15 is 0 Å². The largest absolute Gasteiger partial charge is 0.504 e. The second kappa shape index (κ2) is 13.9. The Kier molecular flexibility index (Phi) is 11.5. The lowest BCUT2D eigenvalue weighted by Crippen LogP contribution is -2.58. The van der Waals surface area contributed by atoms with E-state index < -0.39 is 12.4 Å². The maximum atomic E-state index is 10.2. The Hall–Kier alpha value is -1.34. The lowest BCUT2D eigenvalue weighted by molar-refractivity contribution is -0.273. The molecule has 172 valence electrons. The first-order valence-corrected chi connectivity index (χ1v) is 11.5. The third-order valence-electron chi connectivity index (χ3n) is 5.19. The van der Waals surface area contributed by atoms with Crippen LogP contribution >= 0.6 is 0 Å². The summed E-state index contributed by atoms with van der Waals surface area (Å²) >= 11 is 0. The van der Waals surface area contributed by atoms with Gasteiger partial charge in [-0.15, -0.1) is 0 Å². The van der Waals surface area contributed by atoms with Crippen LogP contribution in [0.25, 0.3) is 0 Å². The highest BCUT2D eigenvalue weighted by molar-refractivity contribution is 5.41. The summed E-state index contributed by atoms with van der Waals surface area (Å²) in [4.78, 5) is 0. The molecule has 2 rings (SSSR count). The number of aromatic hydroxyl groups is 1. The summed E-state index contributed by atoms with van der Waals surface area (Å²) in [5.74, 6) is 0.475. The van der Waals surface area contributed by atoms with E-state index in [1.807, 2.05) is 13.0 Å². The molecule has 1 aromatic rings. The van der Waals surface area contributed by atoms with Crippen LogP contribution in [-0.4, -0.2) is 56.1 Å². The number of ether oxygens (including phenoxy) is 5. The van der Waals surface area contributed by atoms with Gasteiger partial charge < -0.3 is 28.8 Å². The molecule has 6 heteroatoms. The van der Waals surface area contributed by atoms with E-state index in [-0.39, 0.29) is 18.0 Å². The zero-order valence-corrected chi connectivity index (χ0v) is 19.1. The van der Waals surface area contributed by atoms with Gasteiger partial charge in [0.15, 0.2) is 11.5 Å². The summed E-state index contributed by atoms with van der Waals surface area (Å²) in [6.45, 7) is 10.7. The van der Waals surface area contributed by atoms with Crippen LogP contribution in [0.4, 0.5) is 0 Å². The van der Waals surface area contributed by atoms with Crippen LogP contribution in [0.3, 0.4) is 0 Å². The molecule has 1 heterocycles. The molecule has 30 heavy (non-hydrogen) atoms. The number of hydrogen-bond donors (Lipinski definition) is 1. The first kappa shape index (κ1) is 24.9. The molecular weight excluding hydrogens is 384 g/mol. The molecule has 0 spiro atoms. The molecule has 4 atom stereocenters. The number of phenolic OH excluding ortho intramolecular Hbond substituents is 1. The van der Waals surface area contributed by atoms with E-state index in [9.17, 15) is 5.11 Å². The first-order chi connectivity index (χ1) is 14.6. The summed E-state index contributed by atoms with van der Waals surface area (Å²) in [5, 5.41) is 10.2. The van der Waals surface area contributed by atoms with Gasteiger partial charge in [-0.1, -0.05) is 46.1 Å². The number of aryl methyl sites for hydroxylation is 1. The van der Waals surface area contributed by atoms with Crippen molar-refractivity contribution in [2.75, 3.05) is 26.4 Å². The minimum absolute atomic E-state index is 0.0845. The normalized spacial score (nSPS) is 24.1. The van der Waals surface area contributed by atoms with Crippen molar-refractivity contribution in [1.29, 1.82) is 0 Å². The average molecular weight is 425 g/mol. The van der Waals surface area contributed by atoms with E-state index in [1.54, 1.807) is 12.1 Å². The third-order valence-corrected chi connectivity index (χ3v) is 5.19. The first-order valence-electron chi connectivity index (χ1n) is 11.5. The summed E-state index contributed by atoms with van der Waals surface area (Å²) in [7, 11) is 0. The molecule has 0 amide bonds. The van der Waals surface area contributed by atoms with Gasteiger partial charge in [-0.2, -0.15) is 0 Å². The van der Waals surface area contributed by atoms with E-state index in [4.69, 9.17) is 23.7 Å². The van der Waals surface area contributed by atoms with Gasteiger partial charge in [-0.05, 0) is 43.9 Å². The molecule has 0 radical (unpaired) electrons. The molecule has 1 fully saturated rings. The number of benzene rings is 1. The molecule has 1 aliphatic heterocycles. The number of rotatable bonds is 14. The van der Waals surface area contributed by atoms with Crippen molar-refractivity contribution in [2.24, 2.45) is 0 Å². The van der Waals surface area contributed by atoms with E-state index in [0.29, 0.717) is 32.2 Å². The van der Waals surface area contributed by atoms with Gasteiger partial charge in [-0.25, -0.2) is 0 Å². The van der Waals surface area contributed by atoms with Crippen LogP contribution < -0.4 is 4.74 Å². The summed E-state index contributed by atoms with van der Waals surface area (Å²) in [5.41, 5.74) is 0.999. The Labute approximate surface area is 181 Å². The van der Waals surface area contributed by atoms with E-state index in [2.05, 4.69) is 20.8 Å². The molecule has 6 nitrogen and oxygen atoms in total. The molecular formula is C24H40O6. The maximum absolute atomic E-state index is 10.2. The van der Waals surface area contributed by atoms with Gasteiger partial charge in [0.1, 0.15) is 18.3 Å². The van der Waals surface area contributed by atoms with Crippen molar-refractivity contribution in [1.82, 2.24) is 0 Å². The van der Waals surface area contributed by atoms with Crippen molar-refractivity contribution in [3.05, 3.63) is 23.8 Å². The Balaban J connectivity index is 2.18. The average Bonchev–Trinajstić information content (AvgIpc) is 2.74. The SMILES string of the molecule is CCCCO[C@@H]1[C@@H](OCCCC)[C@H](Oc2cc(C)ccc2O)OC[C@H]1OCCCC. The number of unbranched alkanes of at least 4 members (excludes halogenated alkanes) is 3. The van der Waals surface area contributed by atoms with Crippen LogP contribution in [0, 0.1) is 6.92 Å². The van der Waals surface area contributed by atoms with Crippen LogP contribution in [-0.2, 0) is 18.9 Å². The maximum Gasteiger partial charge on any atom is 0.229 e. The number of phenols is 1. The van der Waals surface area contributed by atoms with Crippen molar-refractivity contribution >= 4 is 0 Å². The zero-order valence-electron chi connectivity index (χ0n) is 19.1. The van der Waals surface area contributed by atoms with Crippen LogP contribution in [0.15, 0.2) is 18.2 Å². The Morgan fingerprint density at radius 3 is 2.13 bits per heavy atom. The molecule has 1 saturated heterocycles. The predicted octanol–water partition coefficient (Wildman–Crippen LogP) is 4.99. The molecule has 0 aliphatic carbocycles. The highest BCUT2D eigenvalue weighted by atomic mass is 16.7. The minimum atomic E-state index is -0.674. The van der Waals surface area contributed by atoms with Crippen molar-refractivity contribution < 1.29 is 28.8 Å². The van der Waals surface area contributed by atoms with Crippen molar-refractivity contribution in [3.63, 3.8) is 0 Å². The van der Waals surface area contributed by atoms with Gasteiger partial charge in [0.2, 0.25) is 6.29 Å². The quantitative estimate of drug-likeness (QED) is 0.424. The molecule has 0 bridgehead atoms. The zero-order chi connectivity index (χ0) is 21.8. The van der Waals surface area contributed by atoms with Crippen molar-refractivity contribution in [3.8, 4) is 11.5 Å². The van der Waals surface area contributed by atoms with Crippen molar-refractivity contribution in [2.45, 2.75) is 90.8 Å².